The number of ether oxygens (including phenoxy) is 1. The van der Waals surface area contributed by atoms with Gasteiger partial charge in [-0.1, -0.05) is 30.7 Å². The maximum atomic E-state index is 10.9. The lowest BCUT2D eigenvalue weighted by molar-refractivity contribution is -0.147. The number of aliphatic carboxylic acids is 1. The van der Waals surface area contributed by atoms with Crippen molar-refractivity contribution in [1.29, 1.82) is 0 Å². The van der Waals surface area contributed by atoms with E-state index in [0.717, 1.165) is 25.1 Å². The highest BCUT2D eigenvalue weighted by atomic mass is 16.5. The second-order valence-electron chi connectivity index (χ2n) is 7.42. The smallest absolute Gasteiger partial charge is 0.309 e. The van der Waals surface area contributed by atoms with Crippen LogP contribution in [0.25, 0.3) is 10.8 Å². The van der Waals surface area contributed by atoms with Crippen LogP contribution in [-0.4, -0.2) is 35.2 Å². The predicted octanol–water partition coefficient (Wildman–Crippen LogP) is 4.07. The molecule has 132 valence electrons. The Labute approximate surface area is 148 Å². The van der Waals surface area contributed by atoms with Gasteiger partial charge in [-0.2, -0.15) is 0 Å². The van der Waals surface area contributed by atoms with Crippen LogP contribution in [-0.2, 0) is 11.3 Å². The summed E-state index contributed by atoms with van der Waals surface area (Å²) in [6, 6.07) is 12.8. The van der Waals surface area contributed by atoms with E-state index in [9.17, 15) is 4.79 Å². The quantitative estimate of drug-likeness (QED) is 0.892. The number of fused-ring (bicyclic) bond motifs is 1. The Balaban J connectivity index is 1.47. The molecule has 4 rings (SSSR count). The van der Waals surface area contributed by atoms with E-state index in [2.05, 4.69) is 41.3 Å². The second-order valence-corrected chi connectivity index (χ2v) is 7.42. The van der Waals surface area contributed by atoms with Gasteiger partial charge in [-0.15, -0.1) is 0 Å². The van der Waals surface area contributed by atoms with Crippen molar-refractivity contribution >= 4 is 16.7 Å². The molecular weight excluding hydrogens is 314 g/mol. The van der Waals surface area contributed by atoms with E-state index in [0.29, 0.717) is 19.2 Å². The highest BCUT2D eigenvalue weighted by molar-refractivity contribution is 5.88. The molecule has 0 unspecified atom stereocenters. The molecule has 1 aliphatic carbocycles. The Morgan fingerprint density at radius 2 is 1.92 bits per heavy atom. The molecular formula is C21H25NO3. The highest BCUT2D eigenvalue weighted by Crippen LogP contribution is 2.31. The van der Waals surface area contributed by atoms with Crippen LogP contribution in [0, 0.1) is 5.92 Å². The Hall–Kier alpha value is -2.07. The Morgan fingerprint density at radius 3 is 2.68 bits per heavy atom. The van der Waals surface area contributed by atoms with E-state index in [1.54, 1.807) is 0 Å². The first-order valence-electron chi connectivity index (χ1n) is 9.32. The predicted molar refractivity (Wildman–Crippen MR) is 97.9 cm³/mol. The van der Waals surface area contributed by atoms with Gasteiger partial charge in [-0.25, -0.2) is 0 Å². The number of hydrogen-bond donors (Lipinski definition) is 1. The molecule has 2 aromatic rings. The average molecular weight is 339 g/mol. The van der Waals surface area contributed by atoms with E-state index < -0.39 is 5.97 Å². The minimum atomic E-state index is -0.681. The second kappa shape index (κ2) is 7.04. The van der Waals surface area contributed by atoms with E-state index >= 15 is 0 Å². The normalized spacial score (nSPS) is 19.7. The maximum Gasteiger partial charge on any atom is 0.309 e. The van der Waals surface area contributed by atoms with Crippen molar-refractivity contribution in [3.05, 3.63) is 42.0 Å². The van der Waals surface area contributed by atoms with Crippen LogP contribution in [0.4, 0.5) is 0 Å². The van der Waals surface area contributed by atoms with Gasteiger partial charge in [0.2, 0.25) is 0 Å². The molecule has 1 aliphatic heterocycles. The summed E-state index contributed by atoms with van der Waals surface area (Å²) in [5.74, 6) is 0.112. The first kappa shape index (κ1) is 16.4. The van der Waals surface area contributed by atoms with Gasteiger partial charge in [-0.05, 0) is 48.8 Å². The van der Waals surface area contributed by atoms with Crippen molar-refractivity contribution in [3.8, 4) is 5.75 Å². The van der Waals surface area contributed by atoms with Gasteiger partial charge in [0.15, 0.2) is 0 Å². The third-order valence-corrected chi connectivity index (χ3v) is 5.46. The number of likely N-dealkylation sites (tertiary alicyclic amines) is 1. The molecule has 0 radical (unpaired) electrons. The number of carboxylic acid groups (broad SMARTS) is 1. The van der Waals surface area contributed by atoms with E-state index in [1.165, 1.54) is 35.6 Å². The Morgan fingerprint density at radius 1 is 1.12 bits per heavy atom. The van der Waals surface area contributed by atoms with Gasteiger partial charge in [0, 0.05) is 25.0 Å². The third kappa shape index (κ3) is 3.64. The molecule has 0 spiro atoms. The molecule has 25 heavy (non-hydrogen) atoms. The summed E-state index contributed by atoms with van der Waals surface area (Å²) >= 11 is 0. The van der Waals surface area contributed by atoms with E-state index in [1.807, 2.05) is 0 Å². The van der Waals surface area contributed by atoms with Crippen LogP contribution in [0.2, 0.25) is 0 Å². The third-order valence-electron chi connectivity index (χ3n) is 5.46. The molecule has 4 heteroatoms. The Bertz CT molecular complexity index is 761. The minimum Gasteiger partial charge on any atom is -0.490 e. The van der Waals surface area contributed by atoms with Gasteiger partial charge in [0.1, 0.15) is 5.75 Å². The molecule has 0 amide bonds. The summed E-state index contributed by atoms with van der Waals surface area (Å²) in [5.41, 5.74) is 1.23. The minimum absolute atomic E-state index is 0.198. The number of benzene rings is 2. The molecule has 1 saturated carbocycles. The standard InChI is InChI=1S/C21H25NO3/c23-21(24)17-13-22(14-17)12-15-9-10-19-16(11-15)5-4-8-20(19)25-18-6-2-1-3-7-18/h4-5,8-11,17-18H,1-3,6-7,12-14H2,(H,23,24). The summed E-state index contributed by atoms with van der Waals surface area (Å²) < 4.78 is 6.29. The summed E-state index contributed by atoms with van der Waals surface area (Å²) in [6.45, 7) is 2.11. The highest BCUT2D eigenvalue weighted by Gasteiger charge is 2.32. The first-order valence-corrected chi connectivity index (χ1v) is 9.32. The summed E-state index contributed by atoms with van der Waals surface area (Å²) in [5, 5.41) is 11.3. The number of carbonyl (C=O) groups is 1. The lowest BCUT2D eigenvalue weighted by Gasteiger charge is -2.36. The molecule has 1 saturated heterocycles. The summed E-state index contributed by atoms with van der Waals surface area (Å²) in [7, 11) is 0. The van der Waals surface area contributed by atoms with E-state index in [4.69, 9.17) is 9.84 Å². The monoisotopic (exact) mass is 339 g/mol. The van der Waals surface area contributed by atoms with Crippen molar-refractivity contribution in [3.63, 3.8) is 0 Å². The van der Waals surface area contributed by atoms with Crippen LogP contribution >= 0.6 is 0 Å². The fourth-order valence-electron chi connectivity index (χ4n) is 3.98. The van der Waals surface area contributed by atoms with Gasteiger partial charge >= 0.3 is 5.97 Å². The molecule has 0 atom stereocenters. The molecule has 2 fully saturated rings. The van der Waals surface area contributed by atoms with Crippen molar-refractivity contribution in [2.75, 3.05) is 13.1 Å². The lowest BCUT2D eigenvalue weighted by Crippen LogP contribution is -2.49. The average Bonchev–Trinajstić information content (AvgIpc) is 2.58. The topological polar surface area (TPSA) is 49.8 Å². The largest absolute Gasteiger partial charge is 0.490 e. The van der Waals surface area contributed by atoms with Crippen LogP contribution in [0.5, 0.6) is 5.75 Å². The van der Waals surface area contributed by atoms with E-state index in [-0.39, 0.29) is 5.92 Å². The molecule has 0 aromatic heterocycles. The maximum absolute atomic E-state index is 10.9. The van der Waals surface area contributed by atoms with Crippen LogP contribution in [0.3, 0.4) is 0 Å². The van der Waals surface area contributed by atoms with Gasteiger partial charge in [-0.3, -0.25) is 9.69 Å². The van der Waals surface area contributed by atoms with Crippen LogP contribution in [0.15, 0.2) is 36.4 Å². The first-order chi connectivity index (χ1) is 12.2. The fraction of sp³-hybridized carbons (Fsp3) is 0.476. The zero-order chi connectivity index (χ0) is 17.2. The summed E-state index contributed by atoms with van der Waals surface area (Å²) in [4.78, 5) is 13.1. The number of rotatable bonds is 5. The zero-order valence-corrected chi connectivity index (χ0v) is 14.5. The van der Waals surface area contributed by atoms with Crippen molar-refractivity contribution in [1.82, 2.24) is 4.90 Å². The molecule has 4 nitrogen and oxygen atoms in total. The van der Waals surface area contributed by atoms with Crippen molar-refractivity contribution < 1.29 is 14.6 Å². The SMILES string of the molecule is O=C(O)C1CN(Cc2ccc3c(OC4CCCCC4)cccc3c2)C1. The van der Waals surface area contributed by atoms with Gasteiger partial charge in [0.05, 0.1) is 12.0 Å². The van der Waals surface area contributed by atoms with Gasteiger partial charge in [0.25, 0.3) is 0 Å². The molecule has 2 aromatic carbocycles. The number of nitrogens with zero attached hydrogens (tertiary/aromatic N) is 1. The molecule has 1 heterocycles. The Kier molecular flexibility index (Phi) is 4.62. The molecule has 2 aliphatic rings. The number of carboxylic acids is 1. The van der Waals surface area contributed by atoms with Crippen LogP contribution < -0.4 is 4.74 Å². The molecule has 0 bridgehead atoms. The fourth-order valence-corrected chi connectivity index (χ4v) is 3.98. The number of hydrogen-bond acceptors (Lipinski definition) is 3. The summed E-state index contributed by atoms with van der Waals surface area (Å²) in [6.07, 6.45) is 6.55. The van der Waals surface area contributed by atoms with Crippen LogP contribution in [0.1, 0.15) is 37.7 Å². The zero-order valence-electron chi connectivity index (χ0n) is 14.5. The van der Waals surface area contributed by atoms with Gasteiger partial charge < -0.3 is 9.84 Å². The van der Waals surface area contributed by atoms with Crippen molar-refractivity contribution in [2.24, 2.45) is 5.92 Å². The molecule has 1 N–H and O–H groups in total. The van der Waals surface area contributed by atoms with Crippen molar-refractivity contribution in [2.45, 2.75) is 44.8 Å². The lowest BCUT2D eigenvalue weighted by atomic mass is 9.97.